The van der Waals surface area contributed by atoms with E-state index in [1.165, 1.54) is 37.7 Å². The summed E-state index contributed by atoms with van der Waals surface area (Å²) in [7, 11) is 0. The minimum atomic E-state index is 0.227. The maximum absolute atomic E-state index is 5.98. The number of benzene rings is 1. The van der Waals surface area contributed by atoms with Gasteiger partial charge < -0.3 is 10.1 Å². The van der Waals surface area contributed by atoms with Gasteiger partial charge in [-0.2, -0.15) is 0 Å². The monoisotopic (exact) mass is 275 g/mol. The summed E-state index contributed by atoms with van der Waals surface area (Å²) in [4.78, 5) is 0. The van der Waals surface area contributed by atoms with E-state index >= 15 is 0 Å². The smallest absolute Gasteiger partial charge is 0.119 e. The predicted molar refractivity (Wildman–Crippen MR) is 85.5 cm³/mol. The lowest BCUT2D eigenvalue weighted by Crippen LogP contribution is -2.35. The molecule has 0 aliphatic heterocycles. The first-order chi connectivity index (χ1) is 9.69. The first-order valence-electron chi connectivity index (χ1n) is 8.19. The maximum Gasteiger partial charge on any atom is 0.119 e. The Morgan fingerprint density at radius 1 is 1.15 bits per heavy atom. The number of nitrogens with one attached hydrogen (secondary N) is 1. The normalized spacial score (nSPS) is 18.9. The molecule has 1 aliphatic rings. The highest BCUT2D eigenvalue weighted by molar-refractivity contribution is 5.29. The molecule has 1 N–H and O–H groups in total. The van der Waals surface area contributed by atoms with Crippen LogP contribution in [0.3, 0.4) is 0 Å². The number of rotatable bonds is 7. The van der Waals surface area contributed by atoms with E-state index in [0.29, 0.717) is 12.0 Å². The number of hydrogen-bond donors (Lipinski definition) is 1. The van der Waals surface area contributed by atoms with Gasteiger partial charge in [0, 0.05) is 12.6 Å². The first kappa shape index (κ1) is 15.4. The fourth-order valence-corrected chi connectivity index (χ4v) is 2.85. The summed E-state index contributed by atoms with van der Waals surface area (Å²) in [6, 6.07) is 9.32. The minimum Gasteiger partial charge on any atom is -0.489 e. The Labute approximate surface area is 123 Å². The fourth-order valence-electron chi connectivity index (χ4n) is 2.85. The van der Waals surface area contributed by atoms with Gasteiger partial charge in [0.1, 0.15) is 11.9 Å². The standard InChI is InChI=1S/C18H29NO/c1-4-14(2)16-9-11-18(12-10-16)20-15(3)13-19-17-7-5-6-8-17/h9-12,14-15,17,19H,4-8,13H2,1-3H3. The average Bonchev–Trinajstić information content (AvgIpc) is 2.98. The summed E-state index contributed by atoms with van der Waals surface area (Å²) in [5.74, 6) is 1.61. The Bertz CT molecular complexity index is 381. The molecule has 2 atom stereocenters. The molecule has 20 heavy (non-hydrogen) atoms. The van der Waals surface area contributed by atoms with Crippen LogP contribution in [0.25, 0.3) is 0 Å². The zero-order valence-electron chi connectivity index (χ0n) is 13.2. The van der Waals surface area contributed by atoms with Crippen molar-refractivity contribution in [1.82, 2.24) is 5.32 Å². The van der Waals surface area contributed by atoms with Crippen LogP contribution in [0.2, 0.25) is 0 Å². The molecule has 2 rings (SSSR count). The van der Waals surface area contributed by atoms with Gasteiger partial charge in [-0.25, -0.2) is 0 Å². The van der Waals surface area contributed by atoms with Crippen LogP contribution >= 0.6 is 0 Å². The van der Waals surface area contributed by atoms with Gasteiger partial charge in [-0.3, -0.25) is 0 Å². The van der Waals surface area contributed by atoms with Gasteiger partial charge in [-0.1, -0.05) is 38.8 Å². The van der Waals surface area contributed by atoms with Gasteiger partial charge in [-0.05, 0) is 49.8 Å². The van der Waals surface area contributed by atoms with E-state index in [1.807, 2.05) is 0 Å². The lowest BCUT2D eigenvalue weighted by Gasteiger charge is -2.19. The summed E-state index contributed by atoms with van der Waals surface area (Å²) in [5.41, 5.74) is 1.40. The van der Waals surface area contributed by atoms with Gasteiger partial charge in [0.2, 0.25) is 0 Å². The number of ether oxygens (including phenoxy) is 1. The van der Waals surface area contributed by atoms with E-state index in [9.17, 15) is 0 Å². The molecule has 0 amide bonds. The molecule has 0 heterocycles. The Hall–Kier alpha value is -1.02. The van der Waals surface area contributed by atoms with Crippen molar-refractivity contribution in [3.63, 3.8) is 0 Å². The molecule has 2 nitrogen and oxygen atoms in total. The molecule has 2 heteroatoms. The fraction of sp³-hybridized carbons (Fsp3) is 0.667. The second kappa shape index (κ2) is 7.68. The second-order valence-corrected chi connectivity index (χ2v) is 6.20. The van der Waals surface area contributed by atoms with Crippen LogP contribution in [0.1, 0.15) is 64.4 Å². The van der Waals surface area contributed by atoms with Crippen molar-refractivity contribution >= 4 is 0 Å². The Balaban J connectivity index is 1.76. The highest BCUT2D eigenvalue weighted by Gasteiger charge is 2.15. The predicted octanol–water partition coefficient (Wildman–Crippen LogP) is 4.50. The van der Waals surface area contributed by atoms with Crippen molar-refractivity contribution < 1.29 is 4.74 Å². The zero-order chi connectivity index (χ0) is 14.4. The average molecular weight is 275 g/mol. The highest BCUT2D eigenvalue weighted by Crippen LogP contribution is 2.22. The Morgan fingerprint density at radius 2 is 1.80 bits per heavy atom. The highest BCUT2D eigenvalue weighted by atomic mass is 16.5. The van der Waals surface area contributed by atoms with Crippen LogP contribution in [-0.4, -0.2) is 18.7 Å². The van der Waals surface area contributed by atoms with Gasteiger partial charge in [-0.15, -0.1) is 0 Å². The van der Waals surface area contributed by atoms with Crippen LogP contribution in [0.15, 0.2) is 24.3 Å². The van der Waals surface area contributed by atoms with Gasteiger partial charge in [0.15, 0.2) is 0 Å². The van der Waals surface area contributed by atoms with E-state index in [1.54, 1.807) is 0 Å². The minimum absolute atomic E-state index is 0.227. The van der Waals surface area contributed by atoms with Gasteiger partial charge in [0.05, 0.1) is 0 Å². The molecular weight excluding hydrogens is 246 g/mol. The van der Waals surface area contributed by atoms with Crippen LogP contribution in [-0.2, 0) is 0 Å². The lowest BCUT2D eigenvalue weighted by molar-refractivity contribution is 0.211. The van der Waals surface area contributed by atoms with Crippen molar-refractivity contribution in [2.45, 2.75) is 70.9 Å². The molecular formula is C18H29NO. The quantitative estimate of drug-likeness (QED) is 0.791. The van der Waals surface area contributed by atoms with Gasteiger partial charge >= 0.3 is 0 Å². The molecule has 1 aromatic rings. The van der Waals surface area contributed by atoms with Crippen LogP contribution in [0.5, 0.6) is 5.75 Å². The molecule has 1 aromatic carbocycles. The molecule has 0 saturated heterocycles. The summed E-state index contributed by atoms with van der Waals surface area (Å²) in [6.07, 6.45) is 6.83. The molecule has 0 aromatic heterocycles. The third-order valence-electron chi connectivity index (χ3n) is 4.45. The molecule has 1 aliphatic carbocycles. The van der Waals surface area contributed by atoms with Gasteiger partial charge in [0.25, 0.3) is 0 Å². The Kier molecular flexibility index (Phi) is 5.90. The maximum atomic E-state index is 5.98. The van der Waals surface area contributed by atoms with Crippen molar-refractivity contribution in [2.24, 2.45) is 0 Å². The molecule has 112 valence electrons. The van der Waals surface area contributed by atoms with E-state index in [0.717, 1.165) is 12.3 Å². The van der Waals surface area contributed by atoms with E-state index in [-0.39, 0.29) is 6.10 Å². The van der Waals surface area contributed by atoms with Crippen LogP contribution < -0.4 is 10.1 Å². The summed E-state index contributed by atoms with van der Waals surface area (Å²) >= 11 is 0. The second-order valence-electron chi connectivity index (χ2n) is 6.20. The van der Waals surface area contributed by atoms with E-state index < -0.39 is 0 Å². The first-order valence-corrected chi connectivity index (χ1v) is 8.19. The zero-order valence-corrected chi connectivity index (χ0v) is 13.2. The van der Waals surface area contributed by atoms with Crippen molar-refractivity contribution in [2.75, 3.05) is 6.54 Å². The summed E-state index contributed by atoms with van der Waals surface area (Å²) < 4.78 is 5.98. The van der Waals surface area contributed by atoms with E-state index in [4.69, 9.17) is 4.74 Å². The molecule has 0 bridgehead atoms. The SMILES string of the molecule is CCC(C)c1ccc(OC(C)CNC2CCCC2)cc1. The topological polar surface area (TPSA) is 21.3 Å². The summed E-state index contributed by atoms with van der Waals surface area (Å²) in [6.45, 7) is 7.58. The van der Waals surface area contributed by atoms with Crippen molar-refractivity contribution in [3.8, 4) is 5.75 Å². The third kappa shape index (κ3) is 4.52. The molecule has 0 spiro atoms. The van der Waals surface area contributed by atoms with Crippen LogP contribution in [0, 0.1) is 0 Å². The molecule has 2 unspecified atom stereocenters. The van der Waals surface area contributed by atoms with Crippen molar-refractivity contribution in [1.29, 1.82) is 0 Å². The number of hydrogen-bond acceptors (Lipinski definition) is 2. The summed E-state index contributed by atoms with van der Waals surface area (Å²) in [5, 5.41) is 3.62. The van der Waals surface area contributed by atoms with Crippen LogP contribution in [0.4, 0.5) is 0 Å². The van der Waals surface area contributed by atoms with Crippen molar-refractivity contribution in [3.05, 3.63) is 29.8 Å². The van der Waals surface area contributed by atoms with E-state index in [2.05, 4.69) is 50.4 Å². The third-order valence-corrected chi connectivity index (χ3v) is 4.45. The lowest BCUT2D eigenvalue weighted by atomic mass is 9.99. The largest absolute Gasteiger partial charge is 0.489 e. The molecule has 1 fully saturated rings. The molecule has 0 radical (unpaired) electrons. The Morgan fingerprint density at radius 3 is 2.40 bits per heavy atom. The molecule has 1 saturated carbocycles.